The molecule has 5 nitrogen and oxygen atoms in total. The summed E-state index contributed by atoms with van der Waals surface area (Å²) in [7, 11) is 0. The van der Waals surface area contributed by atoms with Crippen molar-refractivity contribution >= 4 is 11.8 Å². The van der Waals surface area contributed by atoms with E-state index in [0.717, 1.165) is 47.9 Å². The van der Waals surface area contributed by atoms with Crippen LogP contribution in [0.15, 0.2) is 78.9 Å². The van der Waals surface area contributed by atoms with E-state index in [1.165, 1.54) is 6.42 Å². The third-order valence-corrected chi connectivity index (χ3v) is 6.98. The Hall–Kier alpha value is -3.60. The fraction of sp³-hybridized carbons (Fsp3) is 0.375. The van der Waals surface area contributed by atoms with Crippen LogP contribution in [0.3, 0.4) is 0 Å². The van der Waals surface area contributed by atoms with Gasteiger partial charge in [-0.2, -0.15) is 0 Å². The first-order valence-electron chi connectivity index (χ1n) is 13.4. The molecule has 1 atom stereocenters. The molecule has 3 aromatic rings. The molecule has 4 rings (SSSR count). The molecule has 1 N–H and O–H groups in total. The molecule has 194 valence electrons. The normalized spacial score (nSPS) is 14.5. The van der Waals surface area contributed by atoms with E-state index < -0.39 is 6.04 Å². The van der Waals surface area contributed by atoms with Crippen LogP contribution in [0.2, 0.25) is 0 Å². The summed E-state index contributed by atoms with van der Waals surface area (Å²) in [6.45, 7) is 4.23. The van der Waals surface area contributed by atoms with Crippen LogP contribution in [0.25, 0.3) is 0 Å². The third kappa shape index (κ3) is 7.94. The van der Waals surface area contributed by atoms with E-state index in [-0.39, 0.29) is 24.5 Å². The van der Waals surface area contributed by atoms with Crippen LogP contribution in [-0.4, -0.2) is 35.4 Å². The zero-order chi connectivity index (χ0) is 26.0. The first-order valence-corrected chi connectivity index (χ1v) is 13.4. The first kappa shape index (κ1) is 26.5. The predicted octanol–water partition coefficient (Wildman–Crippen LogP) is 5.77. The summed E-state index contributed by atoms with van der Waals surface area (Å²) in [6, 6.07) is 25.2. The molecule has 0 aromatic heterocycles. The largest absolute Gasteiger partial charge is 0.484 e. The minimum absolute atomic E-state index is 0.0913. The Kier molecular flexibility index (Phi) is 9.36. The number of aryl methyl sites for hydroxylation is 2. The molecule has 1 fully saturated rings. The molecule has 3 aromatic carbocycles. The summed E-state index contributed by atoms with van der Waals surface area (Å²) in [4.78, 5) is 29.2. The lowest BCUT2D eigenvalue weighted by atomic mass is 9.94. The number of nitrogens with zero attached hydrogens (tertiary/aromatic N) is 1. The lowest BCUT2D eigenvalue weighted by molar-refractivity contribution is -0.143. The van der Waals surface area contributed by atoms with Gasteiger partial charge in [0.15, 0.2) is 6.61 Å². The highest BCUT2D eigenvalue weighted by molar-refractivity contribution is 5.88. The Morgan fingerprint density at radius 3 is 2.08 bits per heavy atom. The van der Waals surface area contributed by atoms with Gasteiger partial charge in [0.2, 0.25) is 5.91 Å². The second kappa shape index (κ2) is 13.1. The van der Waals surface area contributed by atoms with E-state index in [4.69, 9.17) is 4.74 Å². The van der Waals surface area contributed by atoms with Crippen molar-refractivity contribution in [2.24, 2.45) is 0 Å². The molecule has 0 saturated heterocycles. The molecule has 37 heavy (non-hydrogen) atoms. The second-order valence-corrected chi connectivity index (χ2v) is 10.2. The van der Waals surface area contributed by atoms with Crippen LogP contribution >= 0.6 is 0 Å². The number of carbonyl (C=O) groups is 2. The molecule has 5 heteroatoms. The Balaban J connectivity index is 1.59. The minimum Gasteiger partial charge on any atom is -0.484 e. The molecule has 1 aliphatic carbocycles. The van der Waals surface area contributed by atoms with Crippen molar-refractivity contribution in [3.63, 3.8) is 0 Å². The summed E-state index contributed by atoms with van der Waals surface area (Å²) < 4.78 is 5.96. The summed E-state index contributed by atoms with van der Waals surface area (Å²) in [5.74, 6) is 0.367. The maximum absolute atomic E-state index is 13.8. The Bertz CT molecular complexity index is 1140. The molecule has 1 unspecified atom stereocenters. The Morgan fingerprint density at radius 1 is 0.865 bits per heavy atom. The van der Waals surface area contributed by atoms with Gasteiger partial charge in [0.25, 0.3) is 5.91 Å². The van der Waals surface area contributed by atoms with Gasteiger partial charge in [-0.25, -0.2) is 0 Å². The zero-order valence-corrected chi connectivity index (χ0v) is 22.0. The summed E-state index contributed by atoms with van der Waals surface area (Å²) >= 11 is 0. The van der Waals surface area contributed by atoms with E-state index in [1.807, 2.05) is 86.6 Å². The van der Waals surface area contributed by atoms with Crippen molar-refractivity contribution in [3.05, 3.63) is 101 Å². The lowest BCUT2D eigenvalue weighted by Gasteiger charge is -2.33. The van der Waals surface area contributed by atoms with Gasteiger partial charge in [-0.15, -0.1) is 0 Å². The smallest absolute Gasteiger partial charge is 0.261 e. The maximum atomic E-state index is 13.8. The molecule has 2 amide bonds. The number of benzene rings is 3. The number of ether oxygens (including phenoxy) is 1. The van der Waals surface area contributed by atoms with Gasteiger partial charge in [-0.1, -0.05) is 86.0 Å². The molecular weight excluding hydrogens is 460 g/mol. The highest BCUT2D eigenvalue weighted by Gasteiger charge is 2.32. The van der Waals surface area contributed by atoms with Gasteiger partial charge < -0.3 is 15.0 Å². The molecule has 0 radical (unpaired) electrons. The van der Waals surface area contributed by atoms with E-state index >= 15 is 0 Å². The fourth-order valence-corrected chi connectivity index (χ4v) is 5.12. The van der Waals surface area contributed by atoms with Crippen LogP contribution in [-0.2, 0) is 22.6 Å². The van der Waals surface area contributed by atoms with Gasteiger partial charge in [0.1, 0.15) is 11.8 Å². The van der Waals surface area contributed by atoms with Crippen LogP contribution in [0, 0.1) is 13.8 Å². The average molecular weight is 499 g/mol. The van der Waals surface area contributed by atoms with Gasteiger partial charge in [-0.3, -0.25) is 9.59 Å². The van der Waals surface area contributed by atoms with Gasteiger partial charge in [0.05, 0.1) is 0 Å². The van der Waals surface area contributed by atoms with Crippen molar-refractivity contribution in [3.8, 4) is 5.75 Å². The third-order valence-electron chi connectivity index (χ3n) is 6.98. The average Bonchev–Trinajstić information content (AvgIpc) is 2.90. The van der Waals surface area contributed by atoms with Gasteiger partial charge in [0, 0.05) is 19.0 Å². The second-order valence-electron chi connectivity index (χ2n) is 10.2. The monoisotopic (exact) mass is 498 g/mol. The Morgan fingerprint density at radius 2 is 1.46 bits per heavy atom. The quantitative estimate of drug-likeness (QED) is 0.386. The van der Waals surface area contributed by atoms with Crippen molar-refractivity contribution in [1.29, 1.82) is 0 Å². The number of hydrogen-bond donors (Lipinski definition) is 1. The van der Waals surface area contributed by atoms with Crippen LogP contribution < -0.4 is 10.1 Å². The van der Waals surface area contributed by atoms with Crippen molar-refractivity contribution < 1.29 is 14.3 Å². The summed E-state index contributed by atoms with van der Waals surface area (Å²) in [5.41, 5.74) is 4.16. The summed E-state index contributed by atoms with van der Waals surface area (Å²) in [6.07, 6.45) is 5.91. The van der Waals surface area contributed by atoms with Crippen LogP contribution in [0.5, 0.6) is 5.75 Å². The molecular formula is C32H38N2O3. The standard InChI is InChI=1S/C32H38N2O3/c1-24-18-25(2)20-29(19-24)37-23-31(35)34(22-27-14-8-4-9-15-27)30(21-26-12-6-3-7-13-26)32(36)33-28-16-10-5-11-17-28/h3-4,6-9,12-15,18-20,28,30H,5,10-11,16-17,21-23H2,1-2H3,(H,33,36). The number of nitrogens with one attached hydrogen (secondary N) is 1. The van der Waals surface area contributed by atoms with Crippen LogP contribution in [0.4, 0.5) is 0 Å². The Labute approximate surface area is 220 Å². The predicted molar refractivity (Wildman–Crippen MR) is 147 cm³/mol. The van der Waals surface area contributed by atoms with Crippen molar-refractivity contribution in [1.82, 2.24) is 10.2 Å². The van der Waals surface area contributed by atoms with Crippen molar-refractivity contribution in [2.45, 2.75) is 71.0 Å². The lowest BCUT2D eigenvalue weighted by Crippen LogP contribution is -2.53. The molecule has 0 heterocycles. The highest BCUT2D eigenvalue weighted by atomic mass is 16.5. The minimum atomic E-state index is -0.639. The first-order chi connectivity index (χ1) is 18.0. The SMILES string of the molecule is Cc1cc(C)cc(OCC(=O)N(Cc2ccccc2)C(Cc2ccccc2)C(=O)NC2CCCCC2)c1. The molecule has 0 aliphatic heterocycles. The molecule has 1 aliphatic rings. The number of carbonyl (C=O) groups excluding carboxylic acids is 2. The van der Waals surface area contributed by atoms with E-state index in [1.54, 1.807) is 4.90 Å². The topological polar surface area (TPSA) is 58.6 Å². The number of amides is 2. The zero-order valence-electron chi connectivity index (χ0n) is 22.0. The fourth-order valence-electron chi connectivity index (χ4n) is 5.12. The van der Waals surface area contributed by atoms with Gasteiger partial charge in [-0.05, 0) is 61.1 Å². The molecule has 1 saturated carbocycles. The number of hydrogen-bond acceptors (Lipinski definition) is 3. The molecule has 0 bridgehead atoms. The maximum Gasteiger partial charge on any atom is 0.261 e. The summed E-state index contributed by atoms with van der Waals surface area (Å²) in [5, 5.41) is 3.28. The molecule has 0 spiro atoms. The highest BCUT2D eigenvalue weighted by Crippen LogP contribution is 2.21. The van der Waals surface area contributed by atoms with E-state index in [2.05, 4.69) is 11.4 Å². The van der Waals surface area contributed by atoms with Gasteiger partial charge >= 0.3 is 0 Å². The van der Waals surface area contributed by atoms with Crippen LogP contribution in [0.1, 0.15) is 54.4 Å². The number of rotatable bonds is 10. The van der Waals surface area contributed by atoms with Crippen molar-refractivity contribution in [2.75, 3.05) is 6.61 Å². The van der Waals surface area contributed by atoms with E-state index in [0.29, 0.717) is 18.7 Å². The van der Waals surface area contributed by atoms with E-state index in [9.17, 15) is 9.59 Å².